The molecule has 1 heterocycles. The number of hydrogen-bond acceptors (Lipinski definition) is 2. The van der Waals surface area contributed by atoms with E-state index >= 15 is 0 Å². The van der Waals surface area contributed by atoms with Gasteiger partial charge in [0.2, 0.25) is 0 Å². The molecule has 2 aromatic rings. The van der Waals surface area contributed by atoms with Crippen LogP contribution in [-0.4, -0.2) is 52.1 Å². The molecule has 1 aliphatic carbocycles. The summed E-state index contributed by atoms with van der Waals surface area (Å²) >= 11 is 0. The largest absolute Gasteiger partial charge is 0.465 e. The molecule has 2 amide bonds. The van der Waals surface area contributed by atoms with Gasteiger partial charge in [0.1, 0.15) is 0 Å². The van der Waals surface area contributed by atoms with Crippen molar-refractivity contribution in [2.45, 2.75) is 57.5 Å². The molecule has 0 aromatic heterocycles. The molecule has 1 saturated heterocycles. The molecule has 0 bridgehead atoms. The Balaban J connectivity index is 1.64. The first-order valence-corrected chi connectivity index (χ1v) is 10.3. The van der Waals surface area contributed by atoms with Gasteiger partial charge in [0.25, 0.3) is 5.91 Å². The van der Waals surface area contributed by atoms with Crippen LogP contribution >= 0.6 is 0 Å². The normalized spacial score (nSPS) is 18.5. The van der Waals surface area contributed by atoms with Gasteiger partial charge in [0.05, 0.1) is 0 Å². The zero-order valence-electron chi connectivity index (χ0n) is 16.4. The van der Waals surface area contributed by atoms with Crippen LogP contribution in [0, 0.1) is 6.92 Å². The van der Waals surface area contributed by atoms with Gasteiger partial charge in [-0.3, -0.25) is 4.79 Å². The summed E-state index contributed by atoms with van der Waals surface area (Å²) in [6, 6.07) is 12.6. The minimum atomic E-state index is -0.859. The number of rotatable bonds is 3. The topological polar surface area (TPSA) is 60.9 Å². The highest BCUT2D eigenvalue weighted by molar-refractivity contribution is 6.01. The molecule has 2 fully saturated rings. The highest BCUT2D eigenvalue weighted by atomic mass is 16.4. The number of carbonyl (C=O) groups is 2. The Bertz CT molecular complexity index is 881. The van der Waals surface area contributed by atoms with E-state index in [0.717, 1.165) is 47.6 Å². The summed E-state index contributed by atoms with van der Waals surface area (Å²) < 4.78 is 0. The molecule has 5 nitrogen and oxygen atoms in total. The van der Waals surface area contributed by atoms with E-state index in [2.05, 4.69) is 17.0 Å². The smallest absolute Gasteiger partial charge is 0.407 e. The van der Waals surface area contributed by atoms with Gasteiger partial charge in [0.15, 0.2) is 0 Å². The molecule has 0 unspecified atom stereocenters. The van der Waals surface area contributed by atoms with E-state index in [1.807, 2.05) is 31.2 Å². The number of piperidine rings is 1. The van der Waals surface area contributed by atoms with Crippen molar-refractivity contribution in [1.29, 1.82) is 0 Å². The van der Waals surface area contributed by atoms with Crippen LogP contribution in [0.3, 0.4) is 0 Å². The minimum Gasteiger partial charge on any atom is -0.465 e. The van der Waals surface area contributed by atoms with E-state index in [1.165, 1.54) is 17.7 Å². The van der Waals surface area contributed by atoms with Crippen molar-refractivity contribution in [2.24, 2.45) is 0 Å². The zero-order chi connectivity index (χ0) is 19.7. The molecule has 28 heavy (non-hydrogen) atoms. The number of nitrogens with zero attached hydrogens (tertiary/aromatic N) is 2. The number of aryl methyl sites for hydroxylation is 1. The fraction of sp³-hybridized carbons (Fsp3) is 0.478. The quantitative estimate of drug-likeness (QED) is 0.841. The monoisotopic (exact) mass is 380 g/mol. The van der Waals surface area contributed by atoms with Crippen molar-refractivity contribution in [3.8, 4) is 0 Å². The van der Waals surface area contributed by atoms with Crippen LogP contribution < -0.4 is 0 Å². The fourth-order valence-electron chi connectivity index (χ4n) is 4.95. The number of likely N-dealkylation sites (tertiary alicyclic amines) is 1. The Morgan fingerprint density at radius 2 is 1.61 bits per heavy atom. The maximum Gasteiger partial charge on any atom is 0.407 e. The Labute approximate surface area is 165 Å². The summed E-state index contributed by atoms with van der Waals surface area (Å²) in [6.45, 7) is 3.05. The second kappa shape index (κ2) is 7.82. The van der Waals surface area contributed by atoms with Gasteiger partial charge in [-0.05, 0) is 55.0 Å². The first-order chi connectivity index (χ1) is 13.6. The lowest BCUT2D eigenvalue weighted by atomic mass is 9.95. The summed E-state index contributed by atoms with van der Waals surface area (Å²) in [5.41, 5.74) is 1.82. The van der Waals surface area contributed by atoms with Gasteiger partial charge in [-0.1, -0.05) is 43.2 Å². The summed E-state index contributed by atoms with van der Waals surface area (Å²) in [5, 5.41) is 11.5. The van der Waals surface area contributed by atoms with E-state index in [0.29, 0.717) is 13.1 Å². The molecule has 2 aromatic carbocycles. The summed E-state index contributed by atoms with van der Waals surface area (Å²) in [5.74, 6) is 0.115. The van der Waals surface area contributed by atoms with Gasteiger partial charge in [-0.2, -0.15) is 0 Å². The number of benzene rings is 2. The highest BCUT2D eigenvalue weighted by Gasteiger charge is 2.36. The number of carboxylic acid groups (broad SMARTS) is 1. The molecule has 5 heteroatoms. The summed E-state index contributed by atoms with van der Waals surface area (Å²) in [4.78, 5) is 28.5. The maximum atomic E-state index is 13.7. The molecule has 0 radical (unpaired) electrons. The first kappa shape index (κ1) is 18.8. The van der Waals surface area contributed by atoms with Crippen LogP contribution in [0.15, 0.2) is 36.4 Å². The van der Waals surface area contributed by atoms with Crippen molar-refractivity contribution in [2.75, 3.05) is 13.1 Å². The second-order valence-electron chi connectivity index (χ2n) is 8.11. The lowest BCUT2D eigenvalue weighted by Crippen LogP contribution is -2.52. The molecular weight excluding hydrogens is 352 g/mol. The van der Waals surface area contributed by atoms with E-state index in [4.69, 9.17) is 0 Å². The second-order valence-corrected chi connectivity index (χ2v) is 8.11. The van der Waals surface area contributed by atoms with Crippen LogP contribution in [0.1, 0.15) is 54.4 Å². The van der Waals surface area contributed by atoms with Crippen molar-refractivity contribution >= 4 is 22.8 Å². The predicted octanol–water partition coefficient (Wildman–Crippen LogP) is 4.68. The van der Waals surface area contributed by atoms with Crippen LogP contribution in [0.2, 0.25) is 0 Å². The third-order valence-electron chi connectivity index (χ3n) is 6.51. The zero-order valence-corrected chi connectivity index (χ0v) is 16.4. The molecule has 2 aliphatic rings. The third-order valence-corrected chi connectivity index (χ3v) is 6.51. The third kappa shape index (κ3) is 3.46. The molecular formula is C23H28N2O3. The molecule has 1 aliphatic heterocycles. The van der Waals surface area contributed by atoms with Crippen molar-refractivity contribution in [3.05, 3.63) is 47.5 Å². The standard InChI is InChI=1S/C23H28N2O3/c1-16-20-9-5-2-6-17(20)10-11-21(16)22(26)25(18-7-3-4-8-18)19-12-14-24(15-13-19)23(27)28/h2,5-6,9-11,18-19H,3-4,7-8,12-15H2,1H3,(H,27,28). The van der Waals surface area contributed by atoms with Gasteiger partial charge in [-0.25, -0.2) is 4.79 Å². The summed E-state index contributed by atoms with van der Waals surface area (Å²) in [6.07, 6.45) is 5.03. The molecule has 0 spiro atoms. The van der Waals surface area contributed by atoms with Crippen LogP contribution in [0.5, 0.6) is 0 Å². The molecule has 1 saturated carbocycles. The van der Waals surface area contributed by atoms with Crippen molar-refractivity contribution < 1.29 is 14.7 Å². The van der Waals surface area contributed by atoms with Gasteiger partial charge in [-0.15, -0.1) is 0 Å². The fourth-order valence-corrected chi connectivity index (χ4v) is 4.95. The average Bonchev–Trinajstić information content (AvgIpc) is 3.23. The van der Waals surface area contributed by atoms with Gasteiger partial charge in [0, 0.05) is 30.7 Å². The molecule has 4 rings (SSSR count). The Morgan fingerprint density at radius 1 is 0.964 bits per heavy atom. The van der Waals surface area contributed by atoms with Crippen LogP contribution in [0.25, 0.3) is 10.8 Å². The lowest BCUT2D eigenvalue weighted by Gasteiger charge is -2.41. The van der Waals surface area contributed by atoms with Crippen molar-refractivity contribution in [3.63, 3.8) is 0 Å². The highest BCUT2D eigenvalue weighted by Crippen LogP contribution is 2.32. The Kier molecular flexibility index (Phi) is 5.25. The number of amides is 2. The number of hydrogen-bond donors (Lipinski definition) is 1. The maximum absolute atomic E-state index is 13.7. The summed E-state index contributed by atoms with van der Waals surface area (Å²) in [7, 11) is 0. The Hall–Kier alpha value is -2.56. The van der Waals surface area contributed by atoms with Crippen LogP contribution in [0.4, 0.5) is 4.79 Å². The van der Waals surface area contributed by atoms with Gasteiger partial charge >= 0.3 is 6.09 Å². The van der Waals surface area contributed by atoms with Crippen LogP contribution in [-0.2, 0) is 0 Å². The van der Waals surface area contributed by atoms with Crippen molar-refractivity contribution in [1.82, 2.24) is 9.80 Å². The Morgan fingerprint density at radius 3 is 2.29 bits per heavy atom. The lowest BCUT2D eigenvalue weighted by molar-refractivity contribution is 0.0449. The SMILES string of the molecule is Cc1c(C(=O)N(C2CCCC2)C2CCN(C(=O)O)CC2)ccc2ccccc12. The molecule has 0 atom stereocenters. The van der Waals surface area contributed by atoms with E-state index in [-0.39, 0.29) is 18.0 Å². The van der Waals surface area contributed by atoms with E-state index in [1.54, 1.807) is 0 Å². The minimum absolute atomic E-state index is 0.115. The number of fused-ring (bicyclic) bond motifs is 1. The predicted molar refractivity (Wildman–Crippen MR) is 110 cm³/mol. The average molecular weight is 380 g/mol. The molecule has 148 valence electrons. The first-order valence-electron chi connectivity index (χ1n) is 10.3. The van der Waals surface area contributed by atoms with Gasteiger partial charge < -0.3 is 14.9 Å². The van der Waals surface area contributed by atoms with E-state index in [9.17, 15) is 14.7 Å². The number of carbonyl (C=O) groups excluding carboxylic acids is 1. The molecule has 1 N–H and O–H groups in total. The van der Waals surface area contributed by atoms with E-state index < -0.39 is 6.09 Å².